The lowest BCUT2D eigenvalue weighted by atomic mass is 10.0. The highest BCUT2D eigenvalue weighted by Gasteiger charge is 2.29. The van der Waals surface area contributed by atoms with Gasteiger partial charge >= 0.3 is 0 Å². The summed E-state index contributed by atoms with van der Waals surface area (Å²) in [6, 6.07) is 17.3. The average molecular weight is 536 g/mol. The number of rotatable bonds is 5. The van der Waals surface area contributed by atoms with E-state index < -0.39 is 0 Å². The van der Waals surface area contributed by atoms with E-state index in [0.29, 0.717) is 25.1 Å². The SMILES string of the molecule is Cc1noc(C)c1-c1ccc2nc(-c3cnn(C4CCNCC4)c3)nc(N3CCOCC3c3ccccc3)c2c1. The van der Waals surface area contributed by atoms with E-state index >= 15 is 0 Å². The normalized spacial score (nSPS) is 18.4. The van der Waals surface area contributed by atoms with Crippen molar-refractivity contribution in [3.63, 3.8) is 0 Å². The minimum atomic E-state index is 0.0427. The minimum absolute atomic E-state index is 0.0427. The maximum Gasteiger partial charge on any atom is 0.165 e. The van der Waals surface area contributed by atoms with Gasteiger partial charge in [-0.25, -0.2) is 9.97 Å². The fraction of sp³-hybridized carbons (Fsp3) is 0.355. The molecule has 5 aromatic rings. The Morgan fingerprint density at radius 1 is 0.975 bits per heavy atom. The number of piperidine rings is 1. The summed E-state index contributed by atoms with van der Waals surface area (Å²) in [4.78, 5) is 12.7. The van der Waals surface area contributed by atoms with Gasteiger partial charge in [-0.1, -0.05) is 41.6 Å². The average Bonchev–Trinajstić information content (AvgIpc) is 3.64. The van der Waals surface area contributed by atoms with Crippen LogP contribution < -0.4 is 10.2 Å². The molecule has 2 saturated heterocycles. The van der Waals surface area contributed by atoms with Crippen LogP contribution in [-0.2, 0) is 4.74 Å². The smallest absolute Gasteiger partial charge is 0.165 e. The molecule has 0 bridgehead atoms. The van der Waals surface area contributed by atoms with E-state index in [1.807, 2.05) is 26.1 Å². The van der Waals surface area contributed by atoms with E-state index in [-0.39, 0.29) is 6.04 Å². The molecule has 0 radical (unpaired) electrons. The molecule has 2 aromatic carbocycles. The molecule has 7 rings (SSSR count). The van der Waals surface area contributed by atoms with Gasteiger partial charge in [-0.2, -0.15) is 5.10 Å². The van der Waals surface area contributed by atoms with E-state index in [1.165, 1.54) is 5.56 Å². The van der Waals surface area contributed by atoms with E-state index in [0.717, 1.165) is 77.3 Å². The molecule has 204 valence electrons. The monoisotopic (exact) mass is 535 g/mol. The van der Waals surface area contributed by atoms with Crippen LogP contribution in [0.25, 0.3) is 33.4 Å². The number of nitrogens with zero attached hydrogens (tertiary/aromatic N) is 6. The minimum Gasteiger partial charge on any atom is -0.377 e. The summed E-state index contributed by atoms with van der Waals surface area (Å²) >= 11 is 0. The summed E-state index contributed by atoms with van der Waals surface area (Å²) < 4.78 is 13.6. The Bertz CT molecular complexity index is 1620. The first-order valence-corrected chi connectivity index (χ1v) is 14.1. The highest BCUT2D eigenvalue weighted by atomic mass is 16.5. The lowest BCUT2D eigenvalue weighted by Crippen LogP contribution is -2.40. The summed E-state index contributed by atoms with van der Waals surface area (Å²) in [7, 11) is 0. The van der Waals surface area contributed by atoms with E-state index in [4.69, 9.17) is 24.3 Å². The van der Waals surface area contributed by atoms with Crippen molar-refractivity contribution in [2.24, 2.45) is 0 Å². The van der Waals surface area contributed by atoms with Crippen LogP contribution in [0.2, 0.25) is 0 Å². The Hall–Kier alpha value is -4.08. The molecular formula is C31H33N7O2. The van der Waals surface area contributed by atoms with Crippen LogP contribution in [0, 0.1) is 13.8 Å². The second-order valence-electron chi connectivity index (χ2n) is 10.7. The molecule has 2 aliphatic heterocycles. The van der Waals surface area contributed by atoms with Crippen LogP contribution >= 0.6 is 0 Å². The van der Waals surface area contributed by atoms with E-state index in [9.17, 15) is 0 Å². The quantitative estimate of drug-likeness (QED) is 0.325. The number of hydrogen-bond acceptors (Lipinski definition) is 8. The lowest BCUT2D eigenvalue weighted by Gasteiger charge is -2.37. The third kappa shape index (κ3) is 4.55. The topological polar surface area (TPSA) is 94.1 Å². The molecule has 40 heavy (non-hydrogen) atoms. The standard InChI is InChI=1S/C31H33N7O2/c1-20-29(21(2)40-36-20)23-8-9-27-26(16-23)31(37-14-15-39-19-28(37)22-6-4-3-5-7-22)35-30(34-27)24-17-33-38(18-24)25-10-12-32-13-11-25/h3-9,16-18,25,28,32H,10-15,19H2,1-2H3. The molecule has 1 N–H and O–H groups in total. The number of anilines is 1. The van der Waals surface area contributed by atoms with Crippen molar-refractivity contribution in [1.29, 1.82) is 0 Å². The van der Waals surface area contributed by atoms with Crippen LogP contribution in [0.15, 0.2) is 65.4 Å². The number of hydrogen-bond donors (Lipinski definition) is 1. The van der Waals surface area contributed by atoms with Gasteiger partial charge in [0.1, 0.15) is 11.6 Å². The van der Waals surface area contributed by atoms with Crippen LogP contribution in [-0.4, -0.2) is 57.8 Å². The van der Waals surface area contributed by atoms with Crippen LogP contribution in [0.5, 0.6) is 0 Å². The predicted molar refractivity (Wildman–Crippen MR) is 154 cm³/mol. The number of benzene rings is 2. The molecule has 2 aliphatic rings. The zero-order valence-electron chi connectivity index (χ0n) is 22.9. The third-order valence-corrected chi connectivity index (χ3v) is 8.13. The van der Waals surface area contributed by atoms with Gasteiger partial charge in [0, 0.05) is 23.7 Å². The molecule has 1 unspecified atom stereocenters. The van der Waals surface area contributed by atoms with Gasteiger partial charge in [-0.05, 0) is 63.0 Å². The Labute approximate surface area is 233 Å². The first kappa shape index (κ1) is 24.9. The summed E-state index contributed by atoms with van der Waals surface area (Å²) in [5.41, 5.74) is 5.96. The molecule has 0 saturated carbocycles. The highest BCUT2D eigenvalue weighted by molar-refractivity contribution is 5.95. The van der Waals surface area contributed by atoms with Crippen molar-refractivity contribution in [1.82, 2.24) is 30.2 Å². The molecule has 0 spiro atoms. The highest BCUT2D eigenvalue weighted by Crippen LogP contribution is 2.37. The van der Waals surface area contributed by atoms with Crippen LogP contribution in [0.3, 0.4) is 0 Å². The number of ether oxygens (including phenoxy) is 1. The van der Waals surface area contributed by atoms with Gasteiger partial charge in [-0.15, -0.1) is 0 Å². The maximum absolute atomic E-state index is 5.98. The van der Waals surface area contributed by atoms with Gasteiger partial charge < -0.3 is 19.5 Å². The molecule has 9 nitrogen and oxygen atoms in total. The Balaban J connectivity index is 1.38. The molecule has 9 heteroatoms. The zero-order valence-corrected chi connectivity index (χ0v) is 22.9. The number of nitrogens with one attached hydrogen (secondary N) is 1. The molecule has 0 aliphatic carbocycles. The van der Waals surface area contributed by atoms with E-state index in [1.54, 1.807) is 0 Å². The fourth-order valence-electron chi connectivity index (χ4n) is 6.04. The number of morpholine rings is 1. The van der Waals surface area contributed by atoms with Crippen molar-refractivity contribution < 1.29 is 9.26 Å². The molecular weight excluding hydrogens is 502 g/mol. The lowest BCUT2D eigenvalue weighted by molar-refractivity contribution is 0.0939. The second-order valence-corrected chi connectivity index (χ2v) is 10.7. The van der Waals surface area contributed by atoms with Crippen molar-refractivity contribution in [2.75, 3.05) is 37.7 Å². The van der Waals surface area contributed by atoms with Crippen molar-refractivity contribution in [3.05, 3.63) is 77.9 Å². The van der Waals surface area contributed by atoms with Gasteiger partial charge in [-0.3, -0.25) is 4.68 Å². The number of fused-ring (bicyclic) bond motifs is 1. The fourth-order valence-corrected chi connectivity index (χ4v) is 6.04. The molecule has 2 fully saturated rings. The molecule has 0 amide bonds. The molecule has 1 atom stereocenters. The van der Waals surface area contributed by atoms with Crippen LogP contribution in [0.4, 0.5) is 5.82 Å². The Morgan fingerprint density at radius 2 is 1.82 bits per heavy atom. The summed E-state index contributed by atoms with van der Waals surface area (Å²) in [6.07, 6.45) is 6.15. The second kappa shape index (κ2) is 10.5. The van der Waals surface area contributed by atoms with Crippen molar-refractivity contribution >= 4 is 16.7 Å². The zero-order chi connectivity index (χ0) is 27.1. The predicted octanol–water partition coefficient (Wildman–Crippen LogP) is 5.27. The maximum atomic E-state index is 5.98. The molecule has 5 heterocycles. The van der Waals surface area contributed by atoms with Gasteiger partial charge in [0.2, 0.25) is 0 Å². The molecule has 3 aromatic heterocycles. The summed E-state index contributed by atoms with van der Waals surface area (Å²) in [5, 5.41) is 13.3. The van der Waals surface area contributed by atoms with Crippen molar-refractivity contribution in [2.45, 2.75) is 38.8 Å². The van der Waals surface area contributed by atoms with Crippen LogP contribution in [0.1, 0.15) is 41.9 Å². The number of aryl methyl sites for hydroxylation is 2. The van der Waals surface area contributed by atoms with E-state index in [2.05, 4.69) is 68.7 Å². The third-order valence-electron chi connectivity index (χ3n) is 8.13. The van der Waals surface area contributed by atoms with Crippen molar-refractivity contribution in [3.8, 4) is 22.5 Å². The summed E-state index contributed by atoms with van der Waals surface area (Å²) in [6.45, 7) is 7.93. The number of aromatic nitrogens is 5. The summed E-state index contributed by atoms with van der Waals surface area (Å²) in [5.74, 6) is 2.39. The Morgan fingerprint density at radius 3 is 2.62 bits per heavy atom. The first-order valence-electron chi connectivity index (χ1n) is 14.1. The van der Waals surface area contributed by atoms with Gasteiger partial charge in [0.15, 0.2) is 5.82 Å². The largest absolute Gasteiger partial charge is 0.377 e. The van der Waals surface area contributed by atoms with Gasteiger partial charge in [0.05, 0.1) is 48.3 Å². The van der Waals surface area contributed by atoms with Gasteiger partial charge in [0.25, 0.3) is 0 Å². The Kier molecular flexibility index (Phi) is 6.53. The first-order chi connectivity index (χ1) is 19.7.